The smallest absolute Gasteiger partial charge is 0.245 e. The largest absolute Gasteiger partial charge is 0.376 e. The highest BCUT2D eigenvalue weighted by atomic mass is 32.1. The van der Waals surface area contributed by atoms with Crippen LogP contribution in [0.1, 0.15) is 22.5 Å². The van der Waals surface area contributed by atoms with Crippen molar-refractivity contribution in [2.24, 2.45) is 5.92 Å². The number of benzene rings is 1. The second kappa shape index (κ2) is 7.07. The first-order valence-electron chi connectivity index (χ1n) is 7.61. The summed E-state index contributed by atoms with van der Waals surface area (Å²) in [5.41, 5.74) is 0. The Kier molecular flexibility index (Phi) is 4.88. The highest BCUT2D eigenvalue weighted by Gasteiger charge is 2.30. The van der Waals surface area contributed by atoms with E-state index < -0.39 is 23.4 Å². The number of hydrogen-bond donors (Lipinski definition) is 1. The van der Waals surface area contributed by atoms with E-state index in [0.717, 1.165) is 24.2 Å². The third kappa shape index (κ3) is 3.30. The Morgan fingerprint density at radius 2 is 2.33 bits per heavy atom. The van der Waals surface area contributed by atoms with Crippen molar-refractivity contribution in [3.8, 4) is 6.07 Å². The summed E-state index contributed by atoms with van der Waals surface area (Å²) in [6, 6.07) is 7.70. The Labute approximate surface area is 142 Å². The summed E-state index contributed by atoms with van der Waals surface area (Å²) < 4.78 is 19.7. The number of hydrogen-bond acceptors (Lipinski definition) is 5. The number of nitrogens with zero attached hydrogens (tertiary/aromatic N) is 1. The van der Waals surface area contributed by atoms with Gasteiger partial charge in [-0.15, -0.1) is 11.3 Å². The number of ketones is 1. The molecule has 2 aromatic rings. The Morgan fingerprint density at radius 1 is 1.50 bits per heavy atom. The minimum atomic E-state index is -1.44. The van der Waals surface area contributed by atoms with Crippen molar-refractivity contribution in [2.75, 3.05) is 13.2 Å². The van der Waals surface area contributed by atoms with E-state index >= 15 is 0 Å². The average Bonchev–Trinajstić information content (AvgIpc) is 3.23. The quantitative estimate of drug-likeness (QED) is 0.667. The van der Waals surface area contributed by atoms with Gasteiger partial charge in [0.1, 0.15) is 5.82 Å². The molecular formula is C17H15FN2O3S. The summed E-state index contributed by atoms with van der Waals surface area (Å²) in [7, 11) is 0. The topological polar surface area (TPSA) is 79.2 Å². The van der Waals surface area contributed by atoms with Crippen LogP contribution in [0.4, 0.5) is 4.39 Å². The molecule has 0 bridgehead atoms. The average molecular weight is 346 g/mol. The first kappa shape index (κ1) is 16.6. The van der Waals surface area contributed by atoms with Gasteiger partial charge in [-0.05, 0) is 31.0 Å². The molecule has 1 aromatic carbocycles. The van der Waals surface area contributed by atoms with Crippen LogP contribution in [0.15, 0.2) is 24.3 Å². The molecule has 1 aliphatic rings. The Balaban J connectivity index is 1.73. The molecule has 1 fully saturated rings. The zero-order valence-corrected chi connectivity index (χ0v) is 13.6. The SMILES string of the molecule is N#C[C@@H](C(=O)NC[C@H]1CCCO1)C(=O)c1cc2c(F)cccc2s1. The van der Waals surface area contributed by atoms with E-state index in [2.05, 4.69) is 5.32 Å². The number of halogens is 1. The van der Waals surface area contributed by atoms with E-state index in [0.29, 0.717) is 16.7 Å². The molecule has 124 valence electrons. The van der Waals surface area contributed by atoms with Gasteiger partial charge in [-0.25, -0.2) is 4.39 Å². The molecule has 5 nitrogen and oxygen atoms in total. The van der Waals surface area contributed by atoms with E-state index in [1.54, 1.807) is 18.2 Å². The van der Waals surface area contributed by atoms with Crippen LogP contribution in [-0.4, -0.2) is 30.9 Å². The van der Waals surface area contributed by atoms with Gasteiger partial charge < -0.3 is 10.1 Å². The summed E-state index contributed by atoms with van der Waals surface area (Å²) >= 11 is 1.08. The van der Waals surface area contributed by atoms with Crippen molar-refractivity contribution < 1.29 is 18.7 Å². The number of rotatable bonds is 5. The van der Waals surface area contributed by atoms with Gasteiger partial charge in [0.05, 0.1) is 17.1 Å². The van der Waals surface area contributed by atoms with Gasteiger partial charge in [0, 0.05) is 23.2 Å². The summed E-state index contributed by atoms with van der Waals surface area (Å²) in [4.78, 5) is 24.8. The van der Waals surface area contributed by atoms with Gasteiger partial charge in [0.15, 0.2) is 11.7 Å². The van der Waals surface area contributed by atoms with Crippen LogP contribution in [0, 0.1) is 23.1 Å². The number of ether oxygens (including phenoxy) is 1. The van der Waals surface area contributed by atoms with Crippen molar-refractivity contribution in [2.45, 2.75) is 18.9 Å². The zero-order chi connectivity index (χ0) is 17.1. The van der Waals surface area contributed by atoms with Crippen molar-refractivity contribution in [3.63, 3.8) is 0 Å². The van der Waals surface area contributed by atoms with E-state index in [1.165, 1.54) is 12.1 Å². The van der Waals surface area contributed by atoms with E-state index in [4.69, 9.17) is 4.74 Å². The number of amides is 1. The lowest BCUT2D eigenvalue weighted by molar-refractivity contribution is -0.122. The van der Waals surface area contributed by atoms with Crippen molar-refractivity contribution >= 4 is 33.1 Å². The fourth-order valence-corrected chi connectivity index (χ4v) is 3.69. The zero-order valence-electron chi connectivity index (χ0n) is 12.8. The van der Waals surface area contributed by atoms with Gasteiger partial charge in [0.25, 0.3) is 0 Å². The van der Waals surface area contributed by atoms with Crippen molar-refractivity contribution in [1.82, 2.24) is 5.32 Å². The normalized spacial score (nSPS) is 18.2. The summed E-state index contributed by atoms with van der Waals surface area (Å²) in [5.74, 6) is -3.12. The first-order valence-corrected chi connectivity index (χ1v) is 8.43. The van der Waals surface area contributed by atoms with Crippen molar-refractivity contribution in [1.29, 1.82) is 5.26 Å². The molecule has 0 spiro atoms. The van der Waals surface area contributed by atoms with Crippen LogP contribution in [-0.2, 0) is 9.53 Å². The number of carbonyl (C=O) groups is 2. The maximum atomic E-state index is 13.7. The van der Waals surface area contributed by atoms with Crippen LogP contribution in [0.5, 0.6) is 0 Å². The van der Waals surface area contributed by atoms with Crippen LogP contribution in [0.25, 0.3) is 10.1 Å². The van der Waals surface area contributed by atoms with Gasteiger partial charge in [-0.3, -0.25) is 9.59 Å². The van der Waals surface area contributed by atoms with E-state index in [1.807, 2.05) is 0 Å². The van der Waals surface area contributed by atoms with E-state index in [-0.39, 0.29) is 17.5 Å². The Hall–Kier alpha value is -2.30. The third-order valence-corrected chi connectivity index (χ3v) is 5.05. The molecule has 0 unspecified atom stereocenters. The predicted octanol–water partition coefficient (Wildman–Crippen LogP) is 2.66. The lowest BCUT2D eigenvalue weighted by atomic mass is 10.0. The molecule has 0 radical (unpaired) electrons. The fourth-order valence-electron chi connectivity index (χ4n) is 2.65. The fraction of sp³-hybridized carbons (Fsp3) is 0.353. The highest BCUT2D eigenvalue weighted by Crippen LogP contribution is 2.29. The maximum absolute atomic E-state index is 13.7. The second-order valence-electron chi connectivity index (χ2n) is 5.57. The molecule has 7 heteroatoms. The maximum Gasteiger partial charge on any atom is 0.245 e. The minimum absolute atomic E-state index is 0.0678. The molecule has 1 aliphatic heterocycles. The van der Waals surface area contributed by atoms with Gasteiger partial charge in [-0.1, -0.05) is 6.07 Å². The highest BCUT2D eigenvalue weighted by molar-refractivity contribution is 7.20. The summed E-state index contributed by atoms with van der Waals surface area (Å²) in [6.45, 7) is 0.944. The number of thiophene rings is 1. The molecular weight excluding hydrogens is 331 g/mol. The number of carbonyl (C=O) groups excluding carboxylic acids is 2. The Morgan fingerprint density at radius 3 is 3.00 bits per heavy atom. The van der Waals surface area contributed by atoms with Crippen LogP contribution < -0.4 is 5.32 Å². The molecule has 2 heterocycles. The first-order chi connectivity index (χ1) is 11.6. The molecule has 1 saturated heterocycles. The molecule has 0 saturated carbocycles. The monoisotopic (exact) mass is 346 g/mol. The number of nitriles is 1. The molecule has 1 N–H and O–H groups in total. The molecule has 2 atom stereocenters. The lowest BCUT2D eigenvalue weighted by Gasteiger charge is -2.12. The summed E-state index contributed by atoms with van der Waals surface area (Å²) in [6.07, 6.45) is 1.72. The van der Waals surface area contributed by atoms with E-state index in [9.17, 15) is 19.2 Å². The minimum Gasteiger partial charge on any atom is -0.376 e. The molecule has 24 heavy (non-hydrogen) atoms. The van der Waals surface area contributed by atoms with Gasteiger partial charge >= 0.3 is 0 Å². The van der Waals surface area contributed by atoms with Crippen LogP contribution in [0.2, 0.25) is 0 Å². The third-order valence-electron chi connectivity index (χ3n) is 3.93. The van der Waals surface area contributed by atoms with Gasteiger partial charge in [0.2, 0.25) is 5.91 Å². The second-order valence-corrected chi connectivity index (χ2v) is 6.65. The molecule has 3 rings (SSSR count). The Bertz CT molecular complexity index is 821. The standard InChI is InChI=1S/C17H15FN2O3S/c18-13-4-1-5-14-11(13)7-15(24-14)16(21)12(8-19)17(22)20-9-10-3-2-6-23-10/h1,4-5,7,10,12H,2-3,6,9H2,(H,20,22)/t10-,12-/m1/s1. The molecule has 1 aromatic heterocycles. The summed E-state index contributed by atoms with van der Waals surface area (Å²) in [5, 5.41) is 12.1. The van der Waals surface area contributed by atoms with Gasteiger partial charge in [-0.2, -0.15) is 5.26 Å². The number of nitrogens with one attached hydrogen (secondary N) is 1. The molecule has 1 amide bonds. The van der Waals surface area contributed by atoms with Crippen molar-refractivity contribution in [3.05, 3.63) is 35.0 Å². The lowest BCUT2D eigenvalue weighted by Crippen LogP contribution is -2.38. The molecule has 0 aliphatic carbocycles. The number of Topliss-reactive ketones (excluding diaryl/α,β-unsaturated/α-hetero) is 1. The van der Waals surface area contributed by atoms with Crippen LogP contribution >= 0.6 is 11.3 Å². The number of fused-ring (bicyclic) bond motifs is 1. The van der Waals surface area contributed by atoms with Crippen LogP contribution in [0.3, 0.4) is 0 Å². The predicted molar refractivity (Wildman–Crippen MR) is 87.2 cm³/mol.